The van der Waals surface area contributed by atoms with E-state index in [0.29, 0.717) is 5.92 Å². The largest absolute Gasteiger partial charge is 0.393 e. The molecule has 350 valence electrons. The number of nitrogens with zero attached hydrogens (tertiary/aromatic N) is 1. The van der Waals surface area contributed by atoms with Crippen LogP contribution in [0.25, 0.3) is 0 Å². The van der Waals surface area contributed by atoms with Crippen molar-refractivity contribution in [3.05, 3.63) is 25.3 Å². The number of carbonyl (C=O) groups is 1. The SMILES string of the molecule is C=CC(=O)Cl.C=CC(OO)C1CCC2CC(C3CCC(CCCCC)CC3)CCC2C1.CCCCCC1CCC(C2CCC3CC(O)CCC3C2)CC1.CCN(CC)CC. The molecule has 6 rings (SSSR count). The van der Waals surface area contributed by atoms with Gasteiger partial charge in [-0.2, -0.15) is 0 Å². The molecule has 0 amide bonds. The molecule has 0 aromatic heterocycles. The lowest BCUT2D eigenvalue weighted by Crippen LogP contribution is -2.37. The van der Waals surface area contributed by atoms with Gasteiger partial charge in [0, 0.05) is 0 Å². The highest BCUT2D eigenvalue weighted by atomic mass is 35.5. The molecule has 6 saturated carbocycles. The lowest BCUT2D eigenvalue weighted by molar-refractivity contribution is -0.280. The molecule has 0 aromatic rings. The molecule has 60 heavy (non-hydrogen) atoms. The van der Waals surface area contributed by atoms with Gasteiger partial charge in [-0.25, -0.2) is 4.89 Å². The van der Waals surface area contributed by atoms with E-state index in [1.54, 1.807) is 6.08 Å². The quantitative estimate of drug-likeness (QED) is 0.0381. The number of fused-ring (bicyclic) bond motifs is 2. The highest BCUT2D eigenvalue weighted by molar-refractivity contribution is 6.66. The standard InChI is InChI=1S/C24H42O2.C21H38O.C6H15N.C3H3ClO/c1-3-5-6-7-18-8-10-19(11-9-18)20-12-13-22-17-23(24(4-2)26-25)15-14-21(22)16-20;1-2-3-4-5-16-6-8-17(9-7-16)18-10-11-20-15-21(22)13-12-19(20)14-18;1-4-7(5-2)6-3;1-2-3(4)5/h4,18-25H,2-3,5-17H2,1H3;16-22H,2-15H2,1H3;4-6H2,1-3H3;2H,1H2. The van der Waals surface area contributed by atoms with Crippen molar-refractivity contribution in [3.8, 4) is 0 Å². The highest BCUT2D eigenvalue weighted by Gasteiger charge is 2.41. The van der Waals surface area contributed by atoms with E-state index in [0.717, 1.165) is 78.1 Å². The molecular weight excluding hydrogens is 762 g/mol. The van der Waals surface area contributed by atoms with Crippen LogP contribution in [0.4, 0.5) is 0 Å². The number of aliphatic hydroxyl groups is 1. The van der Waals surface area contributed by atoms with Crippen molar-refractivity contribution in [1.82, 2.24) is 4.90 Å². The van der Waals surface area contributed by atoms with Gasteiger partial charge in [0.15, 0.2) is 0 Å². The van der Waals surface area contributed by atoms with Gasteiger partial charge in [-0.3, -0.25) is 10.1 Å². The molecule has 9 unspecified atom stereocenters. The molecule has 0 heterocycles. The lowest BCUT2D eigenvalue weighted by Gasteiger charge is -2.46. The van der Waals surface area contributed by atoms with Crippen molar-refractivity contribution < 1.29 is 20.0 Å². The van der Waals surface area contributed by atoms with Crippen LogP contribution in [-0.2, 0) is 9.68 Å². The summed E-state index contributed by atoms with van der Waals surface area (Å²) in [6, 6.07) is 0. The van der Waals surface area contributed by atoms with Crippen LogP contribution >= 0.6 is 11.6 Å². The Labute approximate surface area is 377 Å². The Hall–Kier alpha value is -0.720. The zero-order chi connectivity index (χ0) is 43.7. The second kappa shape index (κ2) is 31.2. The zero-order valence-corrected chi connectivity index (χ0v) is 40.8. The van der Waals surface area contributed by atoms with Gasteiger partial charge in [0.2, 0.25) is 5.24 Å². The fourth-order valence-electron chi connectivity index (χ4n) is 13.3. The molecule has 9 atom stereocenters. The fraction of sp³-hybridized carbons (Fsp3) is 0.907. The van der Waals surface area contributed by atoms with Crippen molar-refractivity contribution >= 4 is 16.8 Å². The number of aliphatic hydroxyl groups excluding tert-OH is 1. The maximum absolute atomic E-state index is 9.88. The smallest absolute Gasteiger partial charge is 0.244 e. The van der Waals surface area contributed by atoms with E-state index in [9.17, 15) is 9.90 Å². The van der Waals surface area contributed by atoms with Gasteiger partial charge in [-0.05, 0) is 205 Å². The molecule has 0 aromatic carbocycles. The molecule has 2 N–H and O–H groups in total. The van der Waals surface area contributed by atoms with Gasteiger partial charge in [-0.15, -0.1) is 6.58 Å². The van der Waals surface area contributed by atoms with E-state index in [-0.39, 0.29) is 12.2 Å². The molecule has 6 aliphatic rings. The molecule has 6 aliphatic carbocycles. The maximum atomic E-state index is 9.88. The van der Waals surface area contributed by atoms with Crippen LogP contribution in [0, 0.1) is 65.1 Å². The number of halogens is 1. The average Bonchev–Trinajstić information content (AvgIpc) is 3.28. The number of allylic oxidation sites excluding steroid dienone is 1. The van der Waals surface area contributed by atoms with Crippen LogP contribution in [0.5, 0.6) is 0 Å². The Morgan fingerprint density at radius 3 is 1.32 bits per heavy atom. The molecular formula is C54H98ClNO4. The zero-order valence-electron chi connectivity index (χ0n) is 40.0. The number of hydrogen-bond acceptors (Lipinski definition) is 5. The van der Waals surface area contributed by atoms with Crippen LogP contribution in [0.2, 0.25) is 0 Å². The summed E-state index contributed by atoms with van der Waals surface area (Å²) in [6.07, 6.45) is 42.4. The van der Waals surface area contributed by atoms with E-state index in [1.165, 1.54) is 187 Å². The number of unbranched alkanes of at least 4 members (excludes halogenated alkanes) is 4. The van der Waals surface area contributed by atoms with E-state index >= 15 is 0 Å². The number of rotatable bonds is 17. The molecule has 0 spiro atoms. The van der Waals surface area contributed by atoms with Gasteiger partial charge < -0.3 is 10.0 Å². The average molecular weight is 861 g/mol. The van der Waals surface area contributed by atoms with Crippen molar-refractivity contribution in [2.75, 3.05) is 19.6 Å². The van der Waals surface area contributed by atoms with E-state index in [2.05, 4.69) is 57.6 Å². The summed E-state index contributed by atoms with van der Waals surface area (Å²) in [4.78, 5) is 16.5. The molecule has 0 aliphatic heterocycles. The first-order valence-corrected chi connectivity index (χ1v) is 26.7. The summed E-state index contributed by atoms with van der Waals surface area (Å²) >= 11 is 4.71. The number of carbonyl (C=O) groups excluding carboxylic acids is 1. The Morgan fingerprint density at radius 2 is 0.950 bits per heavy atom. The molecule has 6 heteroatoms. The van der Waals surface area contributed by atoms with Crippen molar-refractivity contribution in [3.63, 3.8) is 0 Å². The predicted octanol–water partition coefficient (Wildman–Crippen LogP) is 15.5. The molecule has 0 bridgehead atoms. The predicted molar refractivity (Wildman–Crippen MR) is 257 cm³/mol. The second-order valence-electron chi connectivity index (χ2n) is 20.7. The van der Waals surface area contributed by atoms with Crippen molar-refractivity contribution in [2.24, 2.45) is 65.1 Å². The molecule has 0 saturated heterocycles. The van der Waals surface area contributed by atoms with Gasteiger partial charge >= 0.3 is 0 Å². The second-order valence-corrected chi connectivity index (χ2v) is 21.1. The normalized spacial score (nSPS) is 34.4. The third-order valence-electron chi connectivity index (χ3n) is 17.2. The first kappa shape index (κ1) is 53.6. The Balaban J connectivity index is 0.000000254. The van der Waals surface area contributed by atoms with E-state index in [1.807, 2.05) is 0 Å². The minimum atomic E-state index is -0.509. The minimum absolute atomic E-state index is 0.0244. The van der Waals surface area contributed by atoms with Crippen LogP contribution in [0.1, 0.15) is 214 Å². The van der Waals surface area contributed by atoms with Crippen LogP contribution in [-0.4, -0.2) is 52.3 Å². The van der Waals surface area contributed by atoms with Crippen LogP contribution in [0.15, 0.2) is 25.3 Å². The lowest BCUT2D eigenvalue weighted by atomic mass is 9.60. The topological polar surface area (TPSA) is 70.0 Å². The molecule has 6 fully saturated rings. The summed E-state index contributed by atoms with van der Waals surface area (Å²) in [5.74, 6) is 10.3. The summed E-state index contributed by atoms with van der Waals surface area (Å²) in [7, 11) is 0. The maximum Gasteiger partial charge on any atom is 0.244 e. The highest BCUT2D eigenvalue weighted by Crippen LogP contribution is 2.51. The van der Waals surface area contributed by atoms with Crippen LogP contribution < -0.4 is 0 Å². The Kier molecular flexibility index (Phi) is 27.9. The first-order chi connectivity index (χ1) is 29.1. The minimum Gasteiger partial charge on any atom is -0.393 e. The fourth-order valence-corrected chi connectivity index (χ4v) is 13.3. The van der Waals surface area contributed by atoms with Gasteiger partial charge in [0.1, 0.15) is 6.10 Å². The van der Waals surface area contributed by atoms with E-state index < -0.39 is 5.24 Å². The van der Waals surface area contributed by atoms with E-state index in [4.69, 9.17) is 16.9 Å². The summed E-state index contributed by atoms with van der Waals surface area (Å²) < 4.78 is 0. The first-order valence-electron chi connectivity index (χ1n) is 26.3. The van der Waals surface area contributed by atoms with Gasteiger partial charge in [0.05, 0.1) is 6.10 Å². The van der Waals surface area contributed by atoms with Crippen LogP contribution in [0.3, 0.4) is 0 Å². The third kappa shape index (κ3) is 19.2. The summed E-state index contributed by atoms with van der Waals surface area (Å²) in [5.41, 5.74) is 0. The third-order valence-corrected chi connectivity index (χ3v) is 17.3. The molecule has 5 nitrogen and oxygen atoms in total. The monoisotopic (exact) mass is 860 g/mol. The Morgan fingerprint density at radius 1 is 0.583 bits per heavy atom. The summed E-state index contributed by atoms with van der Waals surface area (Å²) in [5, 5.41) is 18.5. The van der Waals surface area contributed by atoms with Gasteiger partial charge in [-0.1, -0.05) is 124 Å². The summed E-state index contributed by atoms with van der Waals surface area (Å²) in [6.45, 7) is 21.7. The number of hydrogen-bond donors (Lipinski definition) is 2. The van der Waals surface area contributed by atoms with Crippen molar-refractivity contribution in [1.29, 1.82) is 0 Å². The van der Waals surface area contributed by atoms with Gasteiger partial charge in [0.25, 0.3) is 0 Å². The van der Waals surface area contributed by atoms with Crippen molar-refractivity contribution in [2.45, 2.75) is 227 Å². The molecule has 0 radical (unpaired) electrons. The Bertz CT molecular complexity index is 1110.